The van der Waals surface area contributed by atoms with Gasteiger partial charge in [0.15, 0.2) is 0 Å². The van der Waals surface area contributed by atoms with Crippen LogP contribution in [0, 0.1) is 0 Å². The Hall–Kier alpha value is -2.71. The van der Waals surface area contributed by atoms with E-state index in [1.807, 2.05) is 10.3 Å². The van der Waals surface area contributed by atoms with Crippen LogP contribution in [0.15, 0.2) is 71.1 Å². The van der Waals surface area contributed by atoms with E-state index in [2.05, 4.69) is 9.71 Å². The van der Waals surface area contributed by atoms with Crippen molar-refractivity contribution in [2.45, 2.75) is 23.7 Å². The zero-order chi connectivity index (χ0) is 20.3. The second-order valence-electron chi connectivity index (χ2n) is 6.96. The highest BCUT2D eigenvalue weighted by molar-refractivity contribution is 7.92. The lowest BCUT2D eigenvalue weighted by atomic mass is 9.98. The summed E-state index contributed by atoms with van der Waals surface area (Å²) in [6.45, 7) is 1.33. The van der Waals surface area contributed by atoms with E-state index in [0.717, 1.165) is 17.8 Å². The third-order valence-electron chi connectivity index (χ3n) is 4.92. The number of rotatable bonds is 5. The number of benzene rings is 2. The molecule has 0 radical (unpaired) electrons. The SMILES string of the molecule is O=C(c1cccc(NS(=O)(=O)c2ccccc2)c1)N1CCCC(c2nccs2)C1. The Labute approximate surface area is 174 Å². The van der Waals surface area contributed by atoms with Crippen molar-refractivity contribution in [2.24, 2.45) is 0 Å². The number of thiazole rings is 1. The van der Waals surface area contributed by atoms with E-state index in [-0.39, 0.29) is 16.7 Å². The van der Waals surface area contributed by atoms with Crippen LogP contribution in [0.25, 0.3) is 0 Å². The van der Waals surface area contributed by atoms with Crippen LogP contribution in [-0.4, -0.2) is 37.3 Å². The summed E-state index contributed by atoms with van der Waals surface area (Å²) in [6.07, 6.45) is 3.74. The minimum atomic E-state index is -3.70. The second-order valence-corrected chi connectivity index (χ2v) is 9.57. The van der Waals surface area contributed by atoms with E-state index < -0.39 is 10.0 Å². The fourth-order valence-corrected chi connectivity index (χ4v) is 5.35. The van der Waals surface area contributed by atoms with Crippen molar-refractivity contribution in [1.29, 1.82) is 0 Å². The fraction of sp³-hybridized carbons (Fsp3) is 0.238. The van der Waals surface area contributed by atoms with Crippen molar-refractivity contribution in [3.05, 3.63) is 76.7 Å². The number of anilines is 1. The van der Waals surface area contributed by atoms with Gasteiger partial charge in [-0.1, -0.05) is 24.3 Å². The lowest BCUT2D eigenvalue weighted by molar-refractivity contribution is 0.0707. The Balaban J connectivity index is 1.50. The number of hydrogen-bond acceptors (Lipinski definition) is 5. The number of carbonyl (C=O) groups is 1. The molecule has 150 valence electrons. The van der Waals surface area contributed by atoms with E-state index in [4.69, 9.17) is 0 Å². The Bertz CT molecular complexity index is 1080. The molecule has 0 saturated carbocycles. The lowest BCUT2D eigenvalue weighted by Gasteiger charge is -2.32. The first-order valence-electron chi connectivity index (χ1n) is 9.39. The maximum Gasteiger partial charge on any atom is 0.261 e. The predicted molar refractivity (Wildman–Crippen MR) is 114 cm³/mol. The zero-order valence-electron chi connectivity index (χ0n) is 15.7. The summed E-state index contributed by atoms with van der Waals surface area (Å²) in [6, 6.07) is 14.8. The van der Waals surface area contributed by atoms with E-state index in [1.54, 1.807) is 60.0 Å². The highest BCUT2D eigenvalue weighted by Gasteiger charge is 2.27. The van der Waals surface area contributed by atoms with Crippen molar-refractivity contribution >= 4 is 33.0 Å². The fourth-order valence-electron chi connectivity index (χ4n) is 3.51. The lowest BCUT2D eigenvalue weighted by Crippen LogP contribution is -2.39. The van der Waals surface area contributed by atoms with Crippen molar-refractivity contribution in [3.63, 3.8) is 0 Å². The summed E-state index contributed by atoms with van der Waals surface area (Å²) >= 11 is 1.62. The third kappa shape index (κ3) is 4.49. The molecule has 2 aromatic carbocycles. The number of amides is 1. The number of nitrogens with zero attached hydrogens (tertiary/aromatic N) is 2. The van der Waals surface area contributed by atoms with E-state index in [1.165, 1.54) is 12.1 Å². The molecule has 1 unspecified atom stereocenters. The van der Waals surface area contributed by atoms with Gasteiger partial charge in [-0.05, 0) is 43.2 Å². The van der Waals surface area contributed by atoms with E-state index in [9.17, 15) is 13.2 Å². The van der Waals surface area contributed by atoms with Crippen LogP contribution in [-0.2, 0) is 10.0 Å². The highest BCUT2D eigenvalue weighted by Crippen LogP contribution is 2.29. The van der Waals surface area contributed by atoms with E-state index >= 15 is 0 Å². The van der Waals surface area contributed by atoms with Gasteiger partial charge in [0.1, 0.15) is 0 Å². The van der Waals surface area contributed by atoms with Crippen molar-refractivity contribution < 1.29 is 13.2 Å². The molecule has 1 atom stereocenters. The predicted octanol–water partition coefficient (Wildman–Crippen LogP) is 3.96. The first-order valence-corrected chi connectivity index (χ1v) is 11.8. The van der Waals surface area contributed by atoms with Crippen LogP contribution < -0.4 is 4.72 Å². The minimum absolute atomic E-state index is 0.0907. The molecule has 8 heteroatoms. The Morgan fingerprint density at radius 2 is 1.97 bits per heavy atom. The summed E-state index contributed by atoms with van der Waals surface area (Å²) in [5, 5.41) is 3.02. The van der Waals surface area contributed by atoms with Gasteiger partial charge in [-0.15, -0.1) is 11.3 Å². The number of hydrogen-bond donors (Lipinski definition) is 1. The standard InChI is InChI=1S/C21H21N3O3S2/c25-21(24-12-5-7-17(15-24)20-22-11-13-28-20)16-6-4-8-18(14-16)23-29(26,27)19-9-2-1-3-10-19/h1-4,6,8-11,13-14,17,23H,5,7,12,15H2. The summed E-state index contributed by atoms with van der Waals surface area (Å²) in [5.41, 5.74) is 0.839. The molecular weight excluding hydrogens is 406 g/mol. The summed E-state index contributed by atoms with van der Waals surface area (Å²) in [5.74, 6) is 0.166. The molecule has 1 N–H and O–H groups in total. The Morgan fingerprint density at radius 3 is 2.72 bits per heavy atom. The number of carbonyl (C=O) groups excluding carboxylic acids is 1. The first-order chi connectivity index (χ1) is 14.0. The highest BCUT2D eigenvalue weighted by atomic mass is 32.2. The quantitative estimate of drug-likeness (QED) is 0.668. The molecule has 2 heterocycles. The third-order valence-corrected chi connectivity index (χ3v) is 7.26. The first kappa shape index (κ1) is 19.6. The van der Waals surface area contributed by atoms with Gasteiger partial charge in [0.25, 0.3) is 15.9 Å². The molecule has 1 amide bonds. The summed E-state index contributed by atoms with van der Waals surface area (Å²) < 4.78 is 27.7. The number of nitrogens with one attached hydrogen (secondary N) is 1. The molecule has 0 spiro atoms. The molecule has 1 saturated heterocycles. The number of likely N-dealkylation sites (tertiary alicyclic amines) is 1. The minimum Gasteiger partial charge on any atom is -0.338 e. The average Bonchev–Trinajstić information content (AvgIpc) is 3.29. The Morgan fingerprint density at radius 1 is 1.14 bits per heavy atom. The molecule has 1 fully saturated rings. The molecule has 1 aliphatic heterocycles. The van der Waals surface area contributed by atoms with Crippen LogP contribution >= 0.6 is 11.3 Å². The van der Waals surface area contributed by atoms with Gasteiger partial charge in [0, 0.05) is 41.8 Å². The molecule has 29 heavy (non-hydrogen) atoms. The summed E-state index contributed by atoms with van der Waals surface area (Å²) in [4.78, 5) is 19.4. The van der Waals surface area contributed by atoms with Gasteiger partial charge in [-0.3, -0.25) is 9.52 Å². The van der Waals surface area contributed by atoms with Gasteiger partial charge >= 0.3 is 0 Å². The van der Waals surface area contributed by atoms with Gasteiger partial charge in [-0.25, -0.2) is 13.4 Å². The zero-order valence-corrected chi connectivity index (χ0v) is 17.3. The maximum absolute atomic E-state index is 13.0. The summed E-state index contributed by atoms with van der Waals surface area (Å²) in [7, 11) is -3.70. The maximum atomic E-state index is 13.0. The topological polar surface area (TPSA) is 79.4 Å². The number of piperidine rings is 1. The van der Waals surface area contributed by atoms with Crippen molar-refractivity contribution in [3.8, 4) is 0 Å². The van der Waals surface area contributed by atoms with E-state index in [0.29, 0.717) is 24.3 Å². The molecule has 4 rings (SSSR count). The van der Waals surface area contributed by atoms with Crippen LogP contribution in [0.2, 0.25) is 0 Å². The second kappa shape index (κ2) is 8.34. The molecule has 3 aromatic rings. The van der Waals surface area contributed by atoms with Crippen molar-refractivity contribution in [1.82, 2.24) is 9.88 Å². The monoisotopic (exact) mass is 427 g/mol. The molecule has 0 bridgehead atoms. The molecule has 1 aliphatic rings. The molecular formula is C21H21N3O3S2. The van der Waals surface area contributed by atoms with Gasteiger partial charge in [-0.2, -0.15) is 0 Å². The Kier molecular flexibility index (Phi) is 5.64. The number of sulfonamides is 1. The average molecular weight is 428 g/mol. The van der Waals surface area contributed by atoms with Gasteiger partial charge in [0.2, 0.25) is 0 Å². The smallest absolute Gasteiger partial charge is 0.261 e. The normalized spacial score (nSPS) is 17.1. The van der Waals surface area contributed by atoms with Crippen molar-refractivity contribution in [2.75, 3.05) is 17.8 Å². The molecule has 6 nitrogen and oxygen atoms in total. The molecule has 1 aromatic heterocycles. The van der Waals surface area contributed by atoms with Crippen LogP contribution in [0.1, 0.15) is 34.1 Å². The van der Waals surface area contributed by atoms with Gasteiger partial charge in [0.05, 0.1) is 9.90 Å². The van der Waals surface area contributed by atoms with Crippen LogP contribution in [0.4, 0.5) is 5.69 Å². The largest absolute Gasteiger partial charge is 0.338 e. The van der Waals surface area contributed by atoms with Crippen LogP contribution in [0.5, 0.6) is 0 Å². The number of aromatic nitrogens is 1. The van der Waals surface area contributed by atoms with Gasteiger partial charge < -0.3 is 4.90 Å². The molecule has 0 aliphatic carbocycles. The van der Waals surface area contributed by atoms with Crippen LogP contribution in [0.3, 0.4) is 0 Å².